The van der Waals surface area contributed by atoms with Crippen molar-refractivity contribution in [2.75, 3.05) is 0 Å². The van der Waals surface area contributed by atoms with E-state index in [1.165, 1.54) is 12.8 Å². The molecule has 0 saturated heterocycles. The van der Waals surface area contributed by atoms with Gasteiger partial charge in [0.05, 0.1) is 17.3 Å². The van der Waals surface area contributed by atoms with Crippen molar-refractivity contribution in [3.05, 3.63) is 35.9 Å². The zero-order chi connectivity index (χ0) is 18.5. The summed E-state index contributed by atoms with van der Waals surface area (Å²) in [4.78, 5) is 0. The minimum atomic E-state index is -0.919. The predicted molar refractivity (Wildman–Crippen MR) is 105 cm³/mol. The first-order chi connectivity index (χ1) is 11.7. The van der Waals surface area contributed by atoms with Gasteiger partial charge in [0.25, 0.3) is 0 Å². The third-order valence-corrected chi connectivity index (χ3v) is 5.37. The Bertz CT molecular complexity index is 570. The van der Waals surface area contributed by atoms with Crippen LogP contribution in [0.4, 0.5) is 0 Å². The van der Waals surface area contributed by atoms with Crippen molar-refractivity contribution >= 4 is 12.9 Å². The third-order valence-electron chi connectivity index (χ3n) is 5.37. The fourth-order valence-corrected chi connectivity index (χ4v) is 2.76. The zero-order valence-electron chi connectivity index (χ0n) is 16.3. The van der Waals surface area contributed by atoms with E-state index in [9.17, 15) is 5.11 Å². The summed E-state index contributed by atoms with van der Waals surface area (Å²) >= 11 is 0. The van der Waals surface area contributed by atoms with E-state index in [0.717, 1.165) is 30.5 Å². The molecule has 0 spiro atoms. The van der Waals surface area contributed by atoms with Gasteiger partial charge < -0.3 is 14.5 Å². The van der Waals surface area contributed by atoms with E-state index in [4.69, 9.17) is 9.39 Å². The van der Waals surface area contributed by atoms with Gasteiger partial charge in [-0.1, -0.05) is 29.2 Å². The zero-order valence-corrected chi connectivity index (χ0v) is 16.3. The first-order valence-electron chi connectivity index (χ1n) is 9.35. The lowest BCUT2D eigenvalue weighted by Crippen LogP contribution is -2.49. The van der Waals surface area contributed by atoms with E-state index in [-0.39, 0.29) is 0 Å². The maximum Gasteiger partial charge on any atom is 0.330 e. The number of rotatable bonds is 6. The molecule has 1 aliphatic rings. The van der Waals surface area contributed by atoms with Crippen LogP contribution in [0.2, 0.25) is 0 Å². The quantitative estimate of drug-likeness (QED) is 0.479. The predicted octanol–water partition coefficient (Wildman–Crippen LogP) is 4.16. The van der Waals surface area contributed by atoms with E-state index in [0.29, 0.717) is 6.10 Å². The van der Waals surface area contributed by atoms with Crippen LogP contribution < -0.4 is 10.2 Å². The summed E-state index contributed by atoms with van der Waals surface area (Å²) in [5.74, 6) is 0.910. The number of aliphatic hydroxyl groups is 1. The molecular formula is C21H32BO3. The number of hydrogen-bond donors (Lipinski definition) is 1. The number of ether oxygens (including phenoxy) is 1. The van der Waals surface area contributed by atoms with Crippen LogP contribution in [-0.4, -0.2) is 29.9 Å². The van der Waals surface area contributed by atoms with Gasteiger partial charge in [-0.2, -0.15) is 0 Å². The Balaban J connectivity index is 1.87. The van der Waals surface area contributed by atoms with Crippen molar-refractivity contribution in [1.82, 2.24) is 0 Å². The SMILES string of the molecule is CC=C1CCCC(Oc2ccc([B]OC(C)(C)C(C)(C)O)cc2)CC1. The Morgan fingerprint density at radius 3 is 2.36 bits per heavy atom. The van der Waals surface area contributed by atoms with Crippen molar-refractivity contribution in [1.29, 1.82) is 0 Å². The Kier molecular flexibility index (Phi) is 6.75. The minimum Gasteiger partial charge on any atom is -0.490 e. The Morgan fingerprint density at radius 2 is 1.76 bits per heavy atom. The van der Waals surface area contributed by atoms with E-state index in [1.807, 2.05) is 38.1 Å². The van der Waals surface area contributed by atoms with E-state index >= 15 is 0 Å². The molecule has 1 fully saturated rings. The summed E-state index contributed by atoms with van der Waals surface area (Å²) in [6, 6.07) is 7.97. The molecule has 137 valence electrons. The molecule has 2 rings (SSSR count). The molecule has 1 saturated carbocycles. The maximum absolute atomic E-state index is 10.1. The monoisotopic (exact) mass is 343 g/mol. The Hall–Kier alpha value is -1.26. The van der Waals surface area contributed by atoms with Gasteiger partial charge >= 0.3 is 7.48 Å². The minimum absolute atomic E-state index is 0.303. The second-order valence-electron chi connectivity index (χ2n) is 7.99. The highest BCUT2D eigenvalue weighted by Gasteiger charge is 2.35. The highest BCUT2D eigenvalue weighted by atomic mass is 16.5. The molecule has 25 heavy (non-hydrogen) atoms. The molecule has 1 aromatic rings. The van der Waals surface area contributed by atoms with Gasteiger partial charge in [0.1, 0.15) is 5.75 Å². The van der Waals surface area contributed by atoms with E-state index < -0.39 is 11.2 Å². The molecular weight excluding hydrogens is 311 g/mol. The first-order valence-corrected chi connectivity index (χ1v) is 9.35. The normalized spacial score (nSPS) is 21.0. The lowest BCUT2D eigenvalue weighted by atomic mass is 9.82. The number of benzene rings is 1. The summed E-state index contributed by atoms with van der Waals surface area (Å²) in [7, 11) is 1.70. The molecule has 0 aromatic heterocycles. The smallest absolute Gasteiger partial charge is 0.330 e. The first kappa shape index (κ1) is 20.1. The molecule has 1 aromatic carbocycles. The van der Waals surface area contributed by atoms with Crippen LogP contribution in [-0.2, 0) is 4.65 Å². The number of allylic oxidation sites excluding steroid dienone is 2. The second kappa shape index (κ2) is 8.42. The molecule has 1 aliphatic carbocycles. The van der Waals surface area contributed by atoms with Crippen LogP contribution in [0, 0.1) is 0 Å². The molecule has 4 heteroatoms. The van der Waals surface area contributed by atoms with Gasteiger partial charge in [-0.05, 0) is 78.9 Å². The molecule has 1 radical (unpaired) electrons. The number of hydrogen-bond acceptors (Lipinski definition) is 3. The molecule has 1 unspecified atom stereocenters. The van der Waals surface area contributed by atoms with Crippen molar-refractivity contribution in [3.8, 4) is 5.75 Å². The summed E-state index contributed by atoms with van der Waals surface area (Å²) in [6.07, 6.45) is 8.33. The average molecular weight is 343 g/mol. The van der Waals surface area contributed by atoms with Gasteiger partial charge in [0.2, 0.25) is 0 Å². The Morgan fingerprint density at radius 1 is 1.08 bits per heavy atom. The van der Waals surface area contributed by atoms with E-state index in [1.54, 1.807) is 26.9 Å². The summed E-state index contributed by atoms with van der Waals surface area (Å²) in [5.41, 5.74) is 0.939. The van der Waals surface area contributed by atoms with E-state index in [2.05, 4.69) is 13.0 Å². The summed E-state index contributed by atoms with van der Waals surface area (Å²) in [5, 5.41) is 10.1. The Labute approximate surface area is 153 Å². The molecule has 0 heterocycles. The fraction of sp³-hybridized carbons (Fsp3) is 0.619. The van der Waals surface area contributed by atoms with Crippen LogP contribution >= 0.6 is 0 Å². The lowest BCUT2D eigenvalue weighted by molar-refractivity contribution is -0.0893. The van der Waals surface area contributed by atoms with Crippen LogP contribution in [0.3, 0.4) is 0 Å². The van der Waals surface area contributed by atoms with Crippen LogP contribution in [0.1, 0.15) is 66.7 Å². The van der Waals surface area contributed by atoms with Crippen molar-refractivity contribution in [2.24, 2.45) is 0 Å². The van der Waals surface area contributed by atoms with Gasteiger partial charge in [-0.3, -0.25) is 0 Å². The fourth-order valence-electron chi connectivity index (χ4n) is 2.76. The van der Waals surface area contributed by atoms with Crippen LogP contribution in [0.25, 0.3) is 0 Å². The van der Waals surface area contributed by atoms with Crippen LogP contribution in [0.15, 0.2) is 35.9 Å². The lowest BCUT2D eigenvalue weighted by Gasteiger charge is -2.37. The van der Waals surface area contributed by atoms with Gasteiger partial charge in [0.15, 0.2) is 0 Å². The maximum atomic E-state index is 10.1. The van der Waals surface area contributed by atoms with Crippen LogP contribution in [0.5, 0.6) is 5.75 Å². The second-order valence-corrected chi connectivity index (χ2v) is 7.99. The summed E-state index contributed by atoms with van der Waals surface area (Å²) < 4.78 is 11.9. The highest BCUT2D eigenvalue weighted by Crippen LogP contribution is 2.26. The van der Waals surface area contributed by atoms with Crippen molar-refractivity contribution in [2.45, 2.75) is 84.0 Å². The molecule has 3 nitrogen and oxygen atoms in total. The largest absolute Gasteiger partial charge is 0.490 e. The van der Waals surface area contributed by atoms with Crippen molar-refractivity contribution < 1.29 is 14.5 Å². The highest BCUT2D eigenvalue weighted by molar-refractivity contribution is 6.47. The molecule has 0 aliphatic heterocycles. The molecule has 0 bridgehead atoms. The third kappa shape index (κ3) is 5.90. The molecule has 1 atom stereocenters. The standard InChI is InChI=1S/C21H32BO3/c1-6-16-8-7-9-18(13-10-16)24-19-14-11-17(12-15-19)22-25-21(4,5)20(2,3)23/h6,11-12,14-15,18,23H,7-10,13H2,1-5H3. The van der Waals surface area contributed by atoms with Crippen molar-refractivity contribution in [3.63, 3.8) is 0 Å². The van der Waals surface area contributed by atoms with Gasteiger partial charge in [0, 0.05) is 0 Å². The van der Waals surface area contributed by atoms with Gasteiger partial charge in [-0.25, -0.2) is 0 Å². The molecule has 1 N–H and O–H groups in total. The average Bonchev–Trinajstić information content (AvgIpc) is 2.78. The molecule has 0 amide bonds. The topological polar surface area (TPSA) is 38.7 Å². The summed E-state index contributed by atoms with van der Waals surface area (Å²) in [6.45, 7) is 9.40. The van der Waals surface area contributed by atoms with Gasteiger partial charge in [-0.15, -0.1) is 0 Å².